The molecule has 1 aromatic carbocycles. The van der Waals surface area contributed by atoms with E-state index >= 15 is 0 Å². The number of carbonyl (C=O) groups excluding carboxylic acids is 7. The molecule has 0 bridgehead atoms. The third-order valence-corrected chi connectivity index (χ3v) is 8.78. The van der Waals surface area contributed by atoms with Crippen molar-refractivity contribution >= 4 is 41.4 Å². The second kappa shape index (κ2) is 21.0. The maximum Gasteiger partial charge on any atom is 0.407 e. The van der Waals surface area contributed by atoms with Crippen molar-refractivity contribution in [1.82, 2.24) is 31.1 Å². The molecule has 1 fully saturated rings. The molecular formula is C40H64N6O9. The standard InChI is InChI=1S/C40H64N6O9/c1-12-13-15-20-28(32(48)35(50)41-22-30(47)43-31(36(51)45(10)11)26-18-16-14-17-19-26)42-34(49)29-21-27(55-40(7,8)9)23-46(29)37(52)33(39(4,5)6)44-38(53)54-24-25(2)3/h14,16-19,25,27-29,31,33H,12-13,15,20-24H2,1-11H3,(H,41,50)(H,42,49)(H,43,47)(H,44,53). The molecule has 15 heteroatoms. The third-order valence-electron chi connectivity index (χ3n) is 8.78. The van der Waals surface area contributed by atoms with Crippen LogP contribution in [0.1, 0.15) is 106 Å². The number of rotatable bonds is 18. The SMILES string of the molecule is CCCCCC(NC(=O)C1CC(OC(C)(C)C)CN1C(=O)C(NC(=O)OCC(C)C)C(C)(C)C)C(=O)C(=O)NCC(=O)NC(C(=O)N(C)C)c1ccccc1. The first-order valence-corrected chi connectivity index (χ1v) is 19.1. The Hall–Kier alpha value is -4.53. The number of hydrogen-bond donors (Lipinski definition) is 4. The molecule has 0 aliphatic carbocycles. The molecule has 1 aromatic rings. The smallest absolute Gasteiger partial charge is 0.407 e. The van der Waals surface area contributed by atoms with Gasteiger partial charge in [0.15, 0.2) is 0 Å². The molecule has 4 N–H and O–H groups in total. The molecule has 1 heterocycles. The molecule has 308 valence electrons. The average Bonchev–Trinajstić information content (AvgIpc) is 3.52. The first-order valence-electron chi connectivity index (χ1n) is 19.1. The van der Waals surface area contributed by atoms with Gasteiger partial charge in [-0.05, 0) is 44.1 Å². The maximum absolute atomic E-state index is 14.3. The Morgan fingerprint density at radius 2 is 1.55 bits per heavy atom. The minimum absolute atomic E-state index is 0.0494. The highest BCUT2D eigenvalue weighted by Crippen LogP contribution is 2.29. The van der Waals surface area contributed by atoms with E-state index in [2.05, 4.69) is 21.3 Å². The normalized spacial score (nSPS) is 17.4. The van der Waals surface area contributed by atoms with Crippen LogP contribution in [0.5, 0.6) is 0 Å². The van der Waals surface area contributed by atoms with Crippen LogP contribution in [0.4, 0.5) is 4.79 Å². The van der Waals surface area contributed by atoms with Gasteiger partial charge in [-0.3, -0.25) is 28.8 Å². The Morgan fingerprint density at radius 1 is 0.909 bits per heavy atom. The Bertz CT molecular complexity index is 1490. The molecule has 6 amide bonds. The summed E-state index contributed by atoms with van der Waals surface area (Å²) in [5.74, 6) is -4.22. The summed E-state index contributed by atoms with van der Waals surface area (Å²) in [4.78, 5) is 96.4. The summed E-state index contributed by atoms with van der Waals surface area (Å²) in [5, 5.41) is 10.4. The first-order chi connectivity index (χ1) is 25.5. The highest BCUT2D eigenvalue weighted by atomic mass is 16.5. The Balaban J connectivity index is 2.29. The summed E-state index contributed by atoms with van der Waals surface area (Å²) in [5.41, 5.74) is -0.834. The topological polar surface area (TPSA) is 193 Å². The van der Waals surface area contributed by atoms with Gasteiger partial charge in [-0.1, -0.05) is 91.1 Å². The van der Waals surface area contributed by atoms with Gasteiger partial charge in [0.25, 0.3) is 5.91 Å². The van der Waals surface area contributed by atoms with Gasteiger partial charge < -0.3 is 40.5 Å². The molecule has 15 nitrogen and oxygen atoms in total. The summed E-state index contributed by atoms with van der Waals surface area (Å²) in [6.07, 6.45) is 1.01. The van der Waals surface area contributed by atoms with Gasteiger partial charge in [0.2, 0.25) is 29.4 Å². The van der Waals surface area contributed by atoms with Crippen LogP contribution in [0.2, 0.25) is 0 Å². The Labute approximate surface area is 326 Å². The number of Topliss-reactive ketones (excluding diaryl/α,β-unsaturated/α-hetero) is 1. The fraction of sp³-hybridized carbons (Fsp3) is 0.675. The van der Waals surface area contributed by atoms with Gasteiger partial charge >= 0.3 is 6.09 Å². The van der Waals surface area contributed by atoms with Crippen LogP contribution in [0, 0.1) is 11.3 Å². The van der Waals surface area contributed by atoms with Crippen molar-refractivity contribution in [3.05, 3.63) is 35.9 Å². The number of benzene rings is 1. The molecule has 5 unspecified atom stereocenters. The summed E-state index contributed by atoms with van der Waals surface area (Å²) < 4.78 is 11.5. The number of likely N-dealkylation sites (tertiary alicyclic amines) is 1. The number of carbonyl (C=O) groups is 7. The number of nitrogens with one attached hydrogen (secondary N) is 4. The number of amides is 6. The molecule has 55 heavy (non-hydrogen) atoms. The van der Waals surface area contributed by atoms with Gasteiger partial charge in [0, 0.05) is 27.1 Å². The van der Waals surface area contributed by atoms with E-state index in [9.17, 15) is 33.6 Å². The Kier molecular flexibility index (Phi) is 17.8. The molecule has 0 radical (unpaired) electrons. The predicted molar refractivity (Wildman–Crippen MR) is 207 cm³/mol. The summed E-state index contributed by atoms with van der Waals surface area (Å²) >= 11 is 0. The van der Waals surface area contributed by atoms with Crippen LogP contribution < -0.4 is 21.3 Å². The molecule has 2 rings (SSSR count). The van der Waals surface area contributed by atoms with Crippen molar-refractivity contribution < 1.29 is 43.0 Å². The molecule has 1 aliphatic heterocycles. The molecule has 5 atom stereocenters. The van der Waals surface area contributed by atoms with E-state index in [1.165, 1.54) is 9.80 Å². The largest absolute Gasteiger partial charge is 0.449 e. The quantitative estimate of drug-likeness (QED) is 0.128. The van der Waals surface area contributed by atoms with E-state index in [0.29, 0.717) is 12.0 Å². The second-order valence-corrected chi connectivity index (χ2v) is 16.8. The van der Waals surface area contributed by atoms with Crippen molar-refractivity contribution in [3.8, 4) is 0 Å². The van der Waals surface area contributed by atoms with E-state index in [0.717, 1.165) is 12.8 Å². The van der Waals surface area contributed by atoms with Gasteiger partial charge in [0.05, 0.1) is 30.9 Å². The summed E-state index contributed by atoms with van der Waals surface area (Å²) in [6.45, 7) is 16.3. The van der Waals surface area contributed by atoms with E-state index in [1.807, 2.05) is 41.5 Å². The number of ether oxygens (including phenoxy) is 2. The van der Waals surface area contributed by atoms with Crippen LogP contribution in [-0.2, 0) is 38.2 Å². The third kappa shape index (κ3) is 15.3. The maximum atomic E-state index is 14.3. The fourth-order valence-corrected chi connectivity index (χ4v) is 6.04. The number of hydrogen-bond acceptors (Lipinski definition) is 9. The van der Waals surface area contributed by atoms with Gasteiger partial charge in [0.1, 0.15) is 18.1 Å². The molecule has 1 saturated heterocycles. The van der Waals surface area contributed by atoms with E-state index in [-0.39, 0.29) is 37.8 Å². The van der Waals surface area contributed by atoms with Crippen molar-refractivity contribution in [2.45, 2.75) is 130 Å². The average molecular weight is 773 g/mol. The lowest BCUT2D eigenvalue weighted by molar-refractivity contribution is -0.144. The molecule has 0 aromatic heterocycles. The van der Waals surface area contributed by atoms with Crippen LogP contribution in [0.3, 0.4) is 0 Å². The lowest BCUT2D eigenvalue weighted by Gasteiger charge is -2.35. The van der Waals surface area contributed by atoms with Gasteiger partial charge in [-0.25, -0.2) is 4.79 Å². The van der Waals surface area contributed by atoms with E-state index in [1.54, 1.807) is 65.2 Å². The Morgan fingerprint density at radius 3 is 2.09 bits per heavy atom. The van der Waals surface area contributed by atoms with Crippen molar-refractivity contribution in [2.75, 3.05) is 33.8 Å². The minimum Gasteiger partial charge on any atom is -0.449 e. The zero-order valence-electron chi connectivity index (χ0n) is 34.6. The lowest BCUT2D eigenvalue weighted by Crippen LogP contribution is -2.59. The van der Waals surface area contributed by atoms with Crippen LogP contribution >= 0.6 is 0 Å². The van der Waals surface area contributed by atoms with E-state index < -0.39 is 83.3 Å². The minimum atomic E-state index is -1.25. The molecule has 0 spiro atoms. The fourth-order valence-electron chi connectivity index (χ4n) is 6.04. The number of alkyl carbamates (subject to hydrolysis) is 1. The van der Waals surface area contributed by atoms with Crippen LogP contribution in [0.25, 0.3) is 0 Å². The number of unbranched alkanes of at least 4 members (excludes halogenated alkanes) is 2. The number of likely N-dealkylation sites (N-methyl/N-ethyl adjacent to an activating group) is 1. The second-order valence-electron chi connectivity index (χ2n) is 16.8. The molecule has 0 saturated carbocycles. The monoisotopic (exact) mass is 772 g/mol. The van der Waals surface area contributed by atoms with E-state index in [4.69, 9.17) is 9.47 Å². The van der Waals surface area contributed by atoms with Crippen molar-refractivity contribution in [2.24, 2.45) is 11.3 Å². The summed E-state index contributed by atoms with van der Waals surface area (Å²) in [6, 6.07) is 4.20. The highest BCUT2D eigenvalue weighted by molar-refractivity contribution is 6.38. The highest BCUT2D eigenvalue weighted by Gasteiger charge is 2.47. The molecular weight excluding hydrogens is 708 g/mol. The van der Waals surface area contributed by atoms with Gasteiger partial charge in [-0.2, -0.15) is 0 Å². The molecule has 1 aliphatic rings. The van der Waals surface area contributed by atoms with Crippen molar-refractivity contribution in [3.63, 3.8) is 0 Å². The van der Waals surface area contributed by atoms with Gasteiger partial charge in [-0.15, -0.1) is 0 Å². The van der Waals surface area contributed by atoms with Crippen LogP contribution in [-0.4, -0.2) is 115 Å². The zero-order chi connectivity index (χ0) is 41.7. The number of ketones is 1. The number of nitrogens with zero attached hydrogens (tertiary/aromatic N) is 2. The zero-order valence-corrected chi connectivity index (χ0v) is 34.6. The predicted octanol–water partition coefficient (Wildman–Crippen LogP) is 3.26. The summed E-state index contributed by atoms with van der Waals surface area (Å²) in [7, 11) is 3.11. The van der Waals surface area contributed by atoms with Crippen LogP contribution in [0.15, 0.2) is 30.3 Å². The van der Waals surface area contributed by atoms with Crippen molar-refractivity contribution in [1.29, 1.82) is 0 Å². The lowest BCUT2D eigenvalue weighted by atomic mass is 9.85. The first kappa shape index (κ1) is 46.6.